The van der Waals surface area contributed by atoms with Gasteiger partial charge in [-0.25, -0.2) is 8.42 Å². The molecule has 0 aliphatic rings. The van der Waals surface area contributed by atoms with E-state index in [9.17, 15) is 13.2 Å². The summed E-state index contributed by atoms with van der Waals surface area (Å²) in [5, 5.41) is 2.68. The molecule has 2 rings (SSSR count). The Morgan fingerprint density at radius 3 is 2.54 bits per heavy atom. The Labute approximate surface area is 154 Å². The topological polar surface area (TPSA) is 88.8 Å². The lowest BCUT2D eigenvalue weighted by Gasteiger charge is -2.19. The summed E-state index contributed by atoms with van der Waals surface area (Å²) in [6, 6.07) is 8.14. The zero-order valence-electron chi connectivity index (χ0n) is 15.2. The largest absolute Gasteiger partial charge is 0.484 e. The Bertz CT molecular complexity index is 827. The molecule has 0 saturated carbocycles. The van der Waals surface area contributed by atoms with Crippen LogP contribution in [-0.4, -0.2) is 38.3 Å². The molecule has 1 N–H and O–H groups in total. The molecule has 0 saturated heterocycles. The van der Waals surface area contributed by atoms with Crippen molar-refractivity contribution in [2.45, 2.75) is 32.2 Å². The molecular weight excluding hydrogens is 356 g/mol. The minimum Gasteiger partial charge on any atom is -0.484 e. The van der Waals surface area contributed by atoms with Crippen LogP contribution in [0, 0.1) is 6.92 Å². The van der Waals surface area contributed by atoms with Crippen LogP contribution in [0.5, 0.6) is 5.75 Å². The highest BCUT2D eigenvalue weighted by atomic mass is 32.2. The summed E-state index contributed by atoms with van der Waals surface area (Å²) in [6.45, 7) is 6.29. The lowest BCUT2D eigenvalue weighted by molar-refractivity contribution is -0.123. The molecule has 26 heavy (non-hydrogen) atoms. The van der Waals surface area contributed by atoms with Crippen LogP contribution in [0.1, 0.15) is 25.2 Å². The van der Waals surface area contributed by atoms with E-state index in [4.69, 9.17) is 9.15 Å². The maximum atomic E-state index is 12.5. The third-order valence-electron chi connectivity index (χ3n) is 3.89. The van der Waals surface area contributed by atoms with Crippen LogP contribution in [0.2, 0.25) is 0 Å². The standard InChI is InChI=1S/C18H24N2O5S/c1-4-20(5-2)26(22,23)16-8-9-17(14(3)11-16)25-13-18(21)19-12-15-7-6-10-24-15/h6-11H,4-5,12-13H2,1-3H3,(H,19,21). The highest BCUT2D eigenvalue weighted by Gasteiger charge is 2.22. The first-order chi connectivity index (χ1) is 12.4. The van der Waals surface area contributed by atoms with Crippen molar-refractivity contribution in [3.8, 4) is 5.75 Å². The number of benzene rings is 1. The molecule has 0 spiro atoms. The Balaban J connectivity index is 1.98. The predicted octanol–water partition coefficient (Wildman–Crippen LogP) is 2.31. The van der Waals surface area contributed by atoms with E-state index in [1.807, 2.05) is 0 Å². The van der Waals surface area contributed by atoms with Crippen molar-refractivity contribution in [1.82, 2.24) is 9.62 Å². The first-order valence-electron chi connectivity index (χ1n) is 8.41. The average Bonchev–Trinajstić information content (AvgIpc) is 3.13. The molecule has 0 fully saturated rings. The minimum atomic E-state index is -3.52. The van der Waals surface area contributed by atoms with Gasteiger partial charge in [-0.1, -0.05) is 13.8 Å². The Hall–Kier alpha value is -2.32. The number of nitrogens with zero attached hydrogens (tertiary/aromatic N) is 1. The molecule has 1 aromatic heterocycles. The zero-order chi connectivity index (χ0) is 19.2. The van der Waals surface area contributed by atoms with Crippen LogP contribution in [0.15, 0.2) is 45.9 Å². The van der Waals surface area contributed by atoms with Gasteiger partial charge in [0.1, 0.15) is 11.5 Å². The SMILES string of the molecule is CCN(CC)S(=O)(=O)c1ccc(OCC(=O)NCc2ccco2)c(C)c1. The van der Waals surface area contributed by atoms with Crippen molar-refractivity contribution < 1.29 is 22.4 Å². The summed E-state index contributed by atoms with van der Waals surface area (Å²) >= 11 is 0. The Morgan fingerprint density at radius 2 is 1.96 bits per heavy atom. The summed E-state index contributed by atoms with van der Waals surface area (Å²) < 4.78 is 37.1. The Kier molecular flexibility index (Phi) is 6.82. The van der Waals surface area contributed by atoms with E-state index in [2.05, 4.69) is 5.32 Å². The van der Waals surface area contributed by atoms with Crippen LogP contribution in [-0.2, 0) is 21.4 Å². The Morgan fingerprint density at radius 1 is 1.23 bits per heavy atom. The van der Waals surface area contributed by atoms with Crippen molar-refractivity contribution >= 4 is 15.9 Å². The third-order valence-corrected chi connectivity index (χ3v) is 5.93. The fourth-order valence-electron chi connectivity index (χ4n) is 2.45. The number of sulfonamides is 1. The van der Waals surface area contributed by atoms with Gasteiger partial charge in [0, 0.05) is 13.1 Å². The summed E-state index contributed by atoms with van der Waals surface area (Å²) in [5.41, 5.74) is 0.650. The van der Waals surface area contributed by atoms with Gasteiger partial charge in [0.15, 0.2) is 6.61 Å². The first kappa shape index (κ1) is 20.0. The van der Waals surface area contributed by atoms with Crippen LogP contribution >= 0.6 is 0 Å². The molecule has 0 unspecified atom stereocenters. The highest BCUT2D eigenvalue weighted by molar-refractivity contribution is 7.89. The molecule has 0 aliphatic heterocycles. The summed E-state index contributed by atoms with van der Waals surface area (Å²) in [4.78, 5) is 12.1. The smallest absolute Gasteiger partial charge is 0.258 e. The molecule has 8 heteroatoms. The van der Waals surface area contributed by atoms with Crippen molar-refractivity contribution in [1.29, 1.82) is 0 Å². The van der Waals surface area contributed by atoms with Gasteiger partial charge in [0.25, 0.3) is 5.91 Å². The number of hydrogen-bond donors (Lipinski definition) is 1. The summed E-state index contributed by atoms with van der Waals surface area (Å²) in [5.74, 6) is 0.831. The van der Waals surface area contributed by atoms with Crippen LogP contribution in [0.3, 0.4) is 0 Å². The number of carbonyl (C=O) groups excluding carboxylic acids is 1. The van der Waals surface area contributed by atoms with E-state index in [1.54, 1.807) is 45.0 Å². The molecule has 0 bridgehead atoms. The van der Waals surface area contributed by atoms with E-state index >= 15 is 0 Å². The van der Waals surface area contributed by atoms with Crippen molar-refractivity contribution in [3.05, 3.63) is 47.9 Å². The number of amides is 1. The highest BCUT2D eigenvalue weighted by Crippen LogP contribution is 2.24. The van der Waals surface area contributed by atoms with Gasteiger partial charge >= 0.3 is 0 Å². The van der Waals surface area contributed by atoms with Crippen molar-refractivity contribution in [2.24, 2.45) is 0 Å². The van der Waals surface area contributed by atoms with Gasteiger partial charge in [-0.3, -0.25) is 4.79 Å². The lowest BCUT2D eigenvalue weighted by atomic mass is 10.2. The van der Waals surface area contributed by atoms with E-state index in [0.29, 0.717) is 30.2 Å². The molecule has 0 radical (unpaired) electrons. The minimum absolute atomic E-state index is 0.163. The number of aryl methyl sites for hydroxylation is 1. The average molecular weight is 380 g/mol. The van der Waals surface area contributed by atoms with Gasteiger partial charge < -0.3 is 14.5 Å². The van der Waals surface area contributed by atoms with E-state index in [0.717, 1.165) is 0 Å². The maximum absolute atomic E-state index is 12.5. The first-order valence-corrected chi connectivity index (χ1v) is 9.85. The molecule has 1 amide bonds. The van der Waals surface area contributed by atoms with E-state index in [1.165, 1.54) is 16.6 Å². The number of nitrogens with one attached hydrogen (secondary N) is 1. The molecule has 0 atom stereocenters. The predicted molar refractivity (Wildman–Crippen MR) is 97.3 cm³/mol. The van der Waals surface area contributed by atoms with Crippen LogP contribution < -0.4 is 10.1 Å². The number of carbonyl (C=O) groups is 1. The van der Waals surface area contributed by atoms with Crippen LogP contribution in [0.4, 0.5) is 0 Å². The molecule has 1 heterocycles. The van der Waals surface area contributed by atoms with Gasteiger partial charge in [0.05, 0.1) is 17.7 Å². The van der Waals surface area contributed by atoms with Crippen LogP contribution in [0.25, 0.3) is 0 Å². The molecule has 7 nitrogen and oxygen atoms in total. The molecule has 2 aromatic rings. The second-order valence-corrected chi connectivity index (χ2v) is 7.60. The second-order valence-electron chi connectivity index (χ2n) is 5.66. The van der Waals surface area contributed by atoms with E-state index < -0.39 is 10.0 Å². The zero-order valence-corrected chi connectivity index (χ0v) is 16.0. The van der Waals surface area contributed by atoms with Gasteiger partial charge in [-0.05, 0) is 42.8 Å². The van der Waals surface area contributed by atoms with Gasteiger partial charge in [-0.15, -0.1) is 0 Å². The quantitative estimate of drug-likeness (QED) is 0.721. The number of rotatable bonds is 9. The molecular formula is C18H24N2O5S. The lowest BCUT2D eigenvalue weighted by Crippen LogP contribution is -2.30. The van der Waals surface area contributed by atoms with E-state index in [-0.39, 0.29) is 24.0 Å². The monoisotopic (exact) mass is 380 g/mol. The number of hydrogen-bond acceptors (Lipinski definition) is 5. The summed E-state index contributed by atoms with van der Waals surface area (Å²) in [7, 11) is -3.52. The fraction of sp³-hybridized carbons (Fsp3) is 0.389. The summed E-state index contributed by atoms with van der Waals surface area (Å²) in [6.07, 6.45) is 1.54. The van der Waals surface area contributed by atoms with Gasteiger partial charge in [-0.2, -0.15) is 4.31 Å². The van der Waals surface area contributed by atoms with Gasteiger partial charge in [0.2, 0.25) is 10.0 Å². The molecule has 142 valence electrons. The normalized spacial score (nSPS) is 11.5. The van der Waals surface area contributed by atoms with Crippen molar-refractivity contribution in [3.63, 3.8) is 0 Å². The third kappa shape index (κ3) is 4.86. The second kappa shape index (κ2) is 8.86. The van der Waals surface area contributed by atoms with Crippen molar-refractivity contribution in [2.75, 3.05) is 19.7 Å². The molecule has 1 aromatic carbocycles. The maximum Gasteiger partial charge on any atom is 0.258 e. The fourth-order valence-corrected chi connectivity index (χ4v) is 3.99. The molecule has 0 aliphatic carbocycles. The number of furan rings is 1. The number of ether oxygens (including phenoxy) is 1.